The maximum atomic E-state index is 13.5. The molecule has 3 amide bonds. The van der Waals surface area contributed by atoms with Gasteiger partial charge in [-0.3, -0.25) is 14.4 Å². The molecule has 1 aliphatic heterocycles. The van der Waals surface area contributed by atoms with Crippen LogP contribution in [-0.4, -0.2) is 65.1 Å². The van der Waals surface area contributed by atoms with E-state index in [1.54, 1.807) is 4.90 Å². The Morgan fingerprint density at radius 1 is 0.952 bits per heavy atom. The zero-order valence-corrected chi connectivity index (χ0v) is 26.1. The van der Waals surface area contributed by atoms with Crippen LogP contribution in [0, 0.1) is 25.7 Å². The van der Waals surface area contributed by atoms with Gasteiger partial charge in [0.15, 0.2) is 6.61 Å². The van der Waals surface area contributed by atoms with Crippen LogP contribution >= 0.6 is 0 Å². The quantitative estimate of drug-likeness (QED) is 0.291. The number of ether oxygens (including phenoxy) is 1. The zero-order valence-electron chi connectivity index (χ0n) is 26.1. The van der Waals surface area contributed by atoms with Crippen LogP contribution in [0.2, 0.25) is 0 Å². The number of aryl methyl sites for hydroxylation is 2. The topological polar surface area (TPSA) is 108 Å². The average Bonchev–Trinajstić information content (AvgIpc) is 3.33. The van der Waals surface area contributed by atoms with E-state index in [0.717, 1.165) is 23.1 Å². The molecule has 230 valence electrons. The van der Waals surface area contributed by atoms with Gasteiger partial charge in [-0.25, -0.2) is 0 Å². The molecule has 3 rings (SSSR count). The first-order chi connectivity index (χ1) is 20.0. The lowest BCUT2D eigenvalue weighted by Crippen LogP contribution is -2.54. The number of para-hydroxylation sites is 1. The van der Waals surface area contributed by atoms with Gasteiger partial charge in [-0.05, 0) is 68.1 Å². The number of carbonyl (C=O) groups excluding carboxylic acids is 3. The van der Waals surface area contributed by atoms with E-state index >= 15 is 0 Å². The number of aliphatic hydroxyl groups is 1. The summed E-state index contributed by atoms with van der Waals surface area (Å²) in [6.07, 6.45) is 1.65. The van der Waals surface area contributed by atoms with Gasteiger partial charge < -0.3 is 25.4 Å². The Bertz CT molecular complexity index is 1160. The molecule has 2 unspecified atom stereocenters. The van der Waals surface area contributed by atoms with Crippen molar-refractivity contribution in [2.45, 2.75) is 97.9 Å². The van der Waals surface area contributed by atoms with Gasteiger partial charge in [-0.2, -0.15) is 0 Å². The minimum atomic E-state index is -0.927. The Hall–Kier alpha value is -3.39. The third-order valence-electron chi connectivity index (χ3n) is 7.84. The number of amides is 3. The number of benzene rings is 2. The highest BCUT2D eigenvalue weighted by Crippen LogP contribution is 2.23. The smallest absolute Gasteiger partial charge is 0.258 e. The van der Waals surface area contributed by atoms with E-state index in [1.165, 1.54) is 0 Å². The molecule has 0 saturated carbocycles. The summed E-state index contributed by atoms with van der Waals surface area (Å²) in [6, 6.07) is 14.1. The van der Waals surface area contributed by atoms with Crippen LogP contribution in [0.4, 0.5) is 0 Å². The summed E-state index contributed by atoms with van der Waals surface area (Å²) < 4.78 is 5.87. The number of carbonyl (C=O) groups is 3. The van der Waals surface area contributed by atoms with Gasteiger partial charge in [-0.15, -0.1) is 0 Å². The first kappa shape index (κ1) is 33.1. The van der Waals surface area contributed by atoms with Crippen LogP contribution in [0.3, 0.4) is 0 Å². The number of nitrogens with zero attached hydrogens (tertiary/aromatic N) is 1. The van der Waals surface area contributed by atoms with Gasteiger partial charge in [-0.1, -0.05) is 76.2 Å². The predicted octanol–water partition coefficient (Wildman–Crippen LogP) is 4.34. The number of hydrogen-bond donors (Lipinski definition) is 3. The molecule has 1 aliphatic rings. The van der Waals surface area contributed by atoms with Crippen molar-refractivity contribution in [3.63, 3.8) is 0 Å². The molecular formula is C34H49N3O5. The van der Waals surface area contributed by atoms with Crippen molar-refractivity contribution in [1.29, 1.82) is 0 Å². The minimum absolute atomic E-state index is 0.0121. The van der Waals surface area contributed by atoms with Crippen LogP contribution in [0.5, 0.6) is 5.75 Å². The van der Waals surface area contributed by atoms with E-state index in [2.05, 4.69) is 24.5 Å². The van der Waals surface area contributed by atoms with Crippen molar-refractivity contribution in [2.75, 3.05) is 13.2 Å². The molecule has 8 heteroatoms. The highest BCUT2D eigenvalue weighted by atomic mass is 16.5. The van der Waals surface area contributed by atoms with Crippen LogP contribution in [0.15, 0.2) is 48.5 Å². The Morgan fingerprint density at radius 2 is 1.62 bits per heavy atom. The summed E-state index contributed by atoms with van der Waals surface area (Å²) in [5, 5.41) is 17.7. The molecule has 2 aromatic rings. The van der Waals surface area contributed by atoms with Crippen LogP contribution in [-0.2, 0) is 20.8 Å². The molecule has 42 heavy (non-hydrogen) atoms. The van der Waals surface area contributed by atoms with Gasteiger partial charge in [0.05, 0.1) is 12.1 Å². The van der Waals surface area contributed by atoms with E-state index in [9.17, 15) is 19.5 Å². The third-order valence-corrected chi connectivity index (χ3v) is 7.84. The highest BCUT2D eigenvalue weighted by Gasteiger charge is 2.36. The van der Waals surface area contributed by atoms with Crippen molar-refractivity contribution in [2.24, 2.45) is 11.8 Å². The largest absolute Gasteiger partial charge is 0.483 e. The first-order valence-electron chi connectivity index (χ1n) is 15.3. The standard InChI is InChI=1S/C34H49N3O5/c1-22(2)18-27(35-34(41)32(23(3)4)37-17-11-16-31(37)40)20-29(38)28(19-26-14-8-7-9-15-26)36-30(39)21-42-33-24(5)12-10-13-25(33)6/h7-10,12-15,22-23,27-29,32,38H,11,16-21H2,1-6H3,(H,35,41)(H,36,39)/t27?,28-,29-,32?/m0/s1. The fraction of sp³-hybridized carbons (Fsp3) is 0.559. The summed E-state index contributed by atoms with van der Waals surface area (Å²) in [5.41, 5.74) is 2.88. The summed E-state index contributed by atoms with van der Waals surface area (Å²) in [4.78, 5) is 40.8. The molecule has 1 fully saturated rings. The first-order valence-corrected chi connectivity index (χ1v) is 15.3. The Kier molecular flexibility index (Phi) is 12.4. The summed E-state index contributed by atoms with van der Waals surface area (Å²) >= 11 is 0. The lowest BCUT2D eigenvalue weighted by Gasteiger charge is -2.33. The number of aliphatic hydroxyl groups excluding tert-OH is 1. The van der Waals surface area contributed by atoms with Crippen molar-refractivity contribution in [3.8, 4) is 5.75 Å². The van der Waals surface area contributed by atoms with Crippen molar-refractivity contribution < 1.29 is 24.2 Å². The molecule has 0 aromatic heterocycles. The van der Waals surface area contributed by atoms with Crippen molar-refractivity contribution in [3.05, 3.63) is 65.2 Å². The van der Waals surface area contributed by atoms with Crippen LogP contribution < -0.4 is 15.4 Å². The van der Waals surface area contributed by atoms with Gasteiger partial charge in [0.2, 0.25) is 11.8 Å². The zero-order chi connectivity index (χ0) is 30.8. The monoisotopic (exact) mass is 579 g/mol. The second kappa shape index (κ2) is 15.7. The molecule has 1 heterocycles. The molecule has 0 bridgehead atoms. The Labute approximate surface area is 251 Å². The second-order valence-electron chi connectivity index (χ2n) is 12.4. The lowest BCUT2D eigenvalue weighted by molar-refractivity contribution is -0.139. The number of likely N-dealkylation sites (tertiary alicyclic amines) is 1. The lowest BCUT2D eigenvalue weighted by atomic mass is 9.92. The molecule has 1 saturated heterocycles. The summed E-state index contributed by atoms with van der Waals surface area (Å²) in [5.74, 6) is 0.403. The van der Waals surface area contributed by atoms with Crippen molar-refractivity contribution >= 4 is 17.7 Å². The molecule has 0 radical (unpaired) electrons. The van der Waals surface area contributed by atoms with E-state index in [0.29, 0.717) is 31.6 Å². The number of rotatable bonds is 15. The van der Waals surface area contributed by atoms with Crippen molar-refractivity contribution in [1.82, 2.24) is 15.5 Å². The van der Waals surface area contributed by atoms with Gasteiger partial charge in [0.25, 0.3) is 5.91 Å². The maximum Gasteiger partial charge on any atom is 0.258 e. The van der Waals surface area contributed by atoms with Gasteiger partial charge in [0, 0.05) is 19.0 Å². The van der Waals surface area contributed by atoms with Crippen LogP contribution in [0.1, 0.15) is 70.1 Å². The number of hydrogen-bond acceptors (Lipinski definition) is 5. The molecule has 3 N–H and O–H groups in total. The normalized spacial score (nSPS) is 16.3. The van der Waals surface area contributed by atoms with E-state index in [1.807, 2.05) is 76.2 Å². The van der Waals surface area contributed by atoms with Crippen LogP contribution in [0.25, 0.3) is 0 Å². The third kappa shape index (κ3) is 9.58. The summed E-state index contributed by atoms with van der Waals surface area (Å²) in [7, 11) is 0. The van der Waals surface area contributed by atoms with Gasteiger partial charge >= 0.3 is 0 Å². The Morgan fingerprint density at radius 3 is 2.19 bits per heavy atom. The second-order valence-corrected chi connectivity index (χ2v) is 12.4. The minimum Gasteiger partial charge on any atom is -0.483 e. The van der Waals surface area contributed by atoms with E-state index in [4.69, 9.17) is 4.74 Å². The van der Waals surface area contributed by atoms with E-state index in [-0.39, 0.29) is 48.6 Å². The number of nitrogens with one attached hydrogen (secondary N) is 2. The average molecular weight is 580 g/mol. The molecule has 0 aliphatic carbocycles. The molecule has 4 atom stereocenters. The maximum absolute atomic E-state index is 13.5. The molecule has 8 nitrogen and oxygen atoms in total. The molecular weight excluding hydrogens is 530 g/mol. The van der Waals surface area contributed by atoms with E-state index < -0.39 is 18.2 Å². The molecule has 0 spiro atoms. The fourth-order valence-electron chi connectivity index (χ4n) is 5.86. The predicted molar refractivity (Wildman–Crippen MR) is 165 cm³/mol. The van der Waals surface area contributed by atoms with Gasteiger partial charge in [0.1, 0.15) is 11.8 Å². The Balaban J connectivity index is 1.73. The summed E-state index contributed by atoms with van der Waals surface area (Å²) in [6.45, 7) is 12.3. The molecule has 2 aromatic carbocycles. The SMILES string of the molecule is Cc1cccc(C)c1OCC(=O)N[C@@H](Cc1ccccc1)[C@@H](O)CC(CC(C)C)NC(=O)C(C(C)C)N1CCCC1=O. The highest BCUT2D eigenvalue weighted by molar-refractivity contribution is 5.89. The fourth-order valence-corrected chi connectivity index (χ4v) is 5.86.